The van der Waals surface area contributed by atoms with Gasteiger partial charge in [-0.1, -0.05) is 33.8 Å². The normalized spacial score (nSPS) is 44.1. The number of epoxide rings is 1. The van der Waals surface area contributed by atoms with Crippen LogP contribution in [0.15, 0.2) is 34.7 Å². The van der Waals surface area contributed by atoms with Gasteiger partial charge in [-0.25, -0.2) is 9.59 Å². The minimum absolute atomic E-state index is 0.102. The van der Waals surface area contributed by atoms with E-state index < -0.39 is 76.0 Å². The van der Waals surface area contributed by atoms with Crippen LogP contribution in [0.3, 0.4) is 0 Å². The van der Waals surface area contributed by atoms with E-state index in [1.54, 1.807) is 38.5 Å². The lowest BCUT2D eigenvalue weighted by Crippen LogP contribution is -2.74. The minimum Gasteiger partial charge on any atom is -0.472 e. The van der Waals surface area contributed by atoms with Crippen molar-refractivity contribution < 1.29 is 47.6 Å². The molecule has 11 atom stereocenters. The third-order valence-electron chi connectivity index (χ3n) is 11.8. The maximum Gasteiger partial charge on any atom is 0.335 e. The van der Waals surface area contributed by atoms with Crippen molar-refractivity contribution in [3.05, 3.63) is 35.8 Å². The van der Waals surface area contributed by atoms with Crippen LogP contribution in [0.5, 0.6) is 0 Å². The molecule has 5 aliphatic rings. The molecule has 10 heteroatoms. The number of hydrogen-bond acceptors (Lipinski definition) is 10. The molecule has 1 N–H and O–H groups in total. The van der Waals surface area contributed by atoms with Gasteiger partial charge >= 0.3 is 17.9 Å². The maximum atomic E-state index is 14.7. The largest absolute Gasteiger partial charge is 0.472 e. The Bertz CT molecular complexity index is 1360. The number of aliphatic hydroxyl groups excluding tert-OH is 1. The molecule has 1 aromatic heterocycles. The van der Waals surface area contributed by atoms with Gasteiger partial charge in [-0.15, -0.1) is 0 Å². The average Bonchev–Trinajstić information content (AvgIpc) is 3.40. The second-order valence-electron chi connectivity index (χ2n) is 13.9. The van der Waals surface area contributed by atoms with Crippen molar-refractivity contribution in [1.82, 2.24) is 0 Å². The molecule has 228 valence electrons. The summed E-state index contributed by atoms with van der Waals surface area (Å²) >= 11 is 0. The Morgan fingerprint density at radius 3 is 2.50 bits per heavy atom. The first-order valence-corrected chi connectivity index (χ1v) is 14.7. The van der Waals surface area contributed by atoms with Crippen molar-refractivity contribution in [1.29, 1.82) is 0 Å². The van der Waals surface area contributed by atoms with Crippen molar-refractivity contribution in [3.8, 4) is 0 Å². The molecule has 0 radical (unpaired) electrons. The van der Waals surface area contributed by atoms with Crippen molar-refractivity contribution in [2.45, 2.75) is 90.8 Å². The van der Waals surface area contributed by atoms with E-state index in [0.717, 1.165) is 5.56 Å². The summed E-state index contributed by atoms with van der Waals surface area (Å²) in [4.78, 5) is 53.9. The summed E-state index contributed by atoms with van der Waals surface area (Å²) in [6.07, 6.45) is 2.23. The van der Waals surface area contributed by atoms with Gasteiger partial charge in [0.15, 0.2) is 6.10 Å². The number of carbonyl (C=O) groups excluding carboxylic acids is 4. The van der Waals surface area contributed by atoms with Gasteiger partial charge in [-0.3, -0.25) is 9.59 Å². The van der Waals surface area contributed by atoms with Crippen molar-refractivity contribution >= 4 is 23.7 Å². The Morgan fingerprint density at radius 1 is 1.17 bits per heavy atom. The van der Waals surface area contributed by atoms with E-state index in [9.17, 15) is 24.3 Å². The van der Waals surface area contributed by atoms with Crippen LogP contribution in [0.2, 0.25) is 0 Å². The highest BCUT2D eigenvalue weighted by molar-refractivity contribution is 5.94. The fourth-order valence-corrected chi connectivity index (χ4v) is 9.83. The van der Waals surface area contributed by atoms with Crippen LogP contribution in [0.4, 0.5) is 0 Å². The Hall–Kier alpha value is -2.98. The smallest absolute Gasteiger partial charge is 0.335 e. The van der Waals surface area contributed by atoms with Crippen LogP contribution >= 0.6 is 0 Å². The summed E-state index contributed by atoms with van der Waals surface area (Å²) < 4.78 is 29.1. The standard InChI is InChI=1S/C32H40O10/c1-8-15(2)27(36)41-25-20-23(35)31(6,22(29(25,3)4)21(34)28(37)38-7)17-9-11-30(5)18(32(17)26(20)42-32)13-19(33)40-24(30)16-10-12-39-14-16/h8,10,12,14,17-18,20-22,24-26,34H,9,11,13H2,1-7H3/b15-8-/t17-,18-,20-,21+,22?,24+,25-,26-,30-,31-,32-/m1/s1. The number of rotatable bonds is 5. The third kappa shape index (κ3) is 3.51. The van der Waals surface area contributed by atoms with Gasteiger partial charge in [0, 0.05) is 45.1 Å². The molecule has 2 aliphatic heterocycles. The van der Waals surface area contributed by atoms with E-state index in [-0.39, 0.29) is 24.1 Å². The van der Waals surface area contributed by atoms with Crippen LogP contribution in [0.1, 0.15) is 72.5 Å². The molecule has 3 aliphatic carbocycles. The number of carbonyl (C=O) groups is 4. The van der Waals surface area contributed by atoms with Crippen molar-refractivity contribution in [2.75, 3.05) is 7.11 Å². The summed E-state index contributed by atoms with van der Waals surface area (Å²) in [7, 11) is 1.19. The molecular weight excluding hydrogens is 544 g/mol. The monoisotopic (exact) mass is 584 g/mol. The number of methoxy groups -OCH3 is 1. The van der Waals surface area contributed by atoms with E-state index in [4.69, 9.17) is 23.4 Å². The number of aliphatic hydroxyl groups is 1. The van der Waals surface area contributed by atoms with Crippen LogP contribution in [-0.2, 0) is 38.1 Å². The number of allylic oxidation sites excluding steroid dienone is 1. The molecule has 3 heterocycles. The molecule has 0 amide bonds. The van der Waals surface area contributed by atoms with E-state index in [0.29, 0.717) is 18.4 Å². The van der Waals surface area contributed by atoms with Gasteiger partial charge in [0.05, 0.1) is 32.0 Å². The fourth-order valence-electron chi connectivity index (χ4n) is 9.83. The SMILES string of the molecule is C/C=C(/C)C(=O)O[C@@H]1[C@H]2C(=O)[C@@](C)(C([C@H](O)C(=O)OC)C1(C)C)[C@H]1CC[C@]3(C)[C@@H](CC(=O)O[C@H]3c3ccoc3)[C@]13O[C@H]23. The summed E-state index contributed by atoms with van der Waals surface area (Å²) in [6.45, 7) is 10.9. The van der Waals surface area contributed by atoms with E-state index in [1.807, 2.05) is 20.8 Å². The van der Waals surface area contributed by atoms with Crippen LogP contribution < -0.4 is 0 Å². The van der Waals surface area contributed by atoms with E-state index in [1.165, 1.54) is 7.11 Å². The fraction of sp³-hybridized carbons (Fsp3) is 0.688. The zero-order chi connectivity index (χ0) is 30.6. The van der Waals surface area contributed by atoms with Gasteiger partial charge < -0.3 is 28.5 Å². The number of Topliss-reactive ketones (excluding diaryl/α,β-unsaturated/α-hetero) is 1. The summed E-state index contributed by atoms with van der Waals surface area (Å²) in [5.41, 5.74) is -2.56. The molecular formula is C32H40O10. The second kappa shape index (κ2) is 9.26. The van der Waals surface area contributed by atoms with E-state index in [2.05, 4.69) is 6.92 Å². The highest BCUT2D eigenvalue weighted by Gasteiger charge is 2.86. The van der Waals surface area contributed by atoms with Gasteiger partial charge in [0.2, 0.25) is 0 Å². The number of ether oxygens (including phenoxy) is 4. The molecule has 2 bridgehead atoms. The number of hydrogen-bond donors (Lipinski definition) is 1. The first kappa shape index (κ1) is 29.1. The summed E-state index contributed by atoms with van der Waals surface area (Å²) in [5, 5.41) is 11.6. The zero-order valence-corrected chi connectivity index (χ0v) is 25.2. The third-order valence-corrected chi connectivity index (χ3v) is 11.8. The van der Waals surface area contributed by atoms with Gasteiger partial charge in [0.1, 0.15) is 29.7 Å². The molecule has 6 rings (SSSR count). The minimum atomic E-state index is -1.65. The van der Waals surface area contributed by atoms with Crippen LogP contribution in [0.25, 0.3) is 0 Å². The van der Waals surface area contributed by atoms with Crippen molar-refractivity contribution in [2.24, 2.45) is 39.9 Å². The first-order chi connectivity index (χ1) is 19.7. The average molecular weight is 585 g/mol. The zero-order valence-electron chi connectivity index (χ0n) is 25.2. The molecule has 42 heavy (non-hydrogen) atoms. The molecule has 0 aromatic carbocycles. The lowest BCUT2D eigenvalue weighted by molar-refractivity contribution is -0.231. The predicted molar refractivity (Wildman–Crippen MR) is 145 cm³/mol. The Labute approximate surface area is 245 Å². The Morgan fingerprint density at radius 2 is 1.88 bits per heavy atom. The number of cyclic esters (lactones) is 1. The molecule has 2 saturated heterocycles. The predicted octanol–water partition coefficient (Wildman–Crippen LogP) is 3.71. The van der Waals surface area contributed by atoms with Crippen molar-refractivity contribution in [3.63, 3.8) is 0 Å². The Balaban J connectivity index is 1.52. The lowest BCUT2D eigenvalue weighted by atomic mass is 9.37. The van der Waals surface area contributed by atoms with Crippen LogP contribution in [0, 0.1) is 39.9 Å². The lowest BCUT2D eigenvalue weighted by Gasteiger charge is -2.65. The molecule has 3 saturated carbocycles. The van der Waals surface area contributed by atoms with Gasteiger partial charge in [0.25, 0.3) is 0 Å². The quantitative estimate of drug-likeness (QED) is 0.236. The molecule has 5 fully saturated rings. The Kier molecular flexibility index (Phi) is 6.42. The highest BCUT2D eigenvalue weighted by atomic mass is 16.6. The van der Waals surface area contributed by atoms with Gasteiger partial charge in [-0.05, 0) is 32.8 Å². The van der Waals surface area contributed by atoms with Gasteiger partial charge in [-0.2, -0.15) is 0 Å². The molecule has 1 unspecified atom stereocenters. The molecule has 1 aromatic rings. The maximum absolute atomic E-state index is 14.7. The summed E-state index contributed by atoms with van der Waals surface area (Å²) in [6, 6.07) is 1.80. The topological polar surface area (TPSA) is 142 Å². The highest BCUT2D eigenvalue weighted by Crippen LogP contribution is 2.77. The molecule has 1 spiro atoms. The number of fused-ring (bicyclic) bond motifs is 5. The summed E-state index contributed by atoms with van der Waals surface area (Å²) in [5.74, 6) is -4.51. The first-order valence-electron chi connectivity index (χ1n) is 14.7. The number of esters is 3. The number of ketones is 1. The van der Waals surface area contributed by atoms with E-state index >= 15 is 0 Å². The number of furan rings is 1. The second-order valence-corrected chi connectivity index (χ2v) is 13.9. The van der Waals surface area contributed by atoms with Crippen LogP contribution in [-0.4, -0.2) is 59.8 Å². The molecule has 10 nitrogen and oxygen atoms in total.